The Morgan fingerprint density at radius 1 is 0.735 bits per heavy atom. The molecule has 350 valence electrons. The number of carbonyl (C=O) groups excluding carboxylic acids is 5. The second-order valence-corrected chi connectivity index (χ2v) is 16.6. The molecule has 4 aliphatic rings. The summed E-state index contributed by atoms with van der Waals surface area (Å²) in [6, 6.07) is 26.2. The summed E-state index contributed by atoms with van der Waals surface area (Å²) in [7, 11) is 2.92. The van der Waals surface area contributed by atoms with Crippen LogP contribution in [0.1, 0.15) is 51.3 Å². The zero-order valence-electron chi connectivity index (χ0n) is 37.7. The maximum atomic E-state index is 14.5. The van der Waals surface area contributed by atoms with E-state index < -0.39 is 36.0 Å². The fourth-order valence-corrected chi connectivity index (χ4v) is 8.85. The van der Waals surface area contributed by atoms with Crippen LogP contribution in [0.5, 0.6) is 23.0 Å². The van der Waals surface area contributed by atoms with Gasteiger partial charge >= 0.3 is 6.09 Å². The molecular weight excluding hydrogens is 875 g/mol. The number of para-hydroxylation sites is 2. The second kappa shape index (κ2) is 19.1. The van der Waals surface area contributed by atoms with Gasteiger partial charge in [0.15, 0.2) is 23.0 Å². The van der Waals surface area contributed by atoms with Crippen molar-refractivity contribution < 1.29 is 52.8 Å². The maximum Gasteiger partial charge on any atom is 0.414 e. The highest BCUT2D eigenvalue weighted by Crippen LogP contribution is 2.44. The van der Waals surface area contributed by atoms with Gasteiger partial charge in [-0.3, -0.25) is 39.3 Å². The van der Waals surface area contributed by atoms with E-state index in [-0.39, 0.29) is 78.8 Å². The fraction of sp³-hybridized carbons (Fsp3) is 0.280. The van der Waals surface area contributed by atoms with Crippen LogP contribution in [0, 0.1) is 0 Å². The van der Waals surface area contributed by atoms with Crippen LogP contribution < -0.4 is 49.6 Å². The van der Waals surface area contributed by atoms with Crippen LogP contribution in [0.25, 0.3) is 0 Å². The number of aliphatic hydroxyl groups excluding tert-OH is 1. The molecule has 0 unspecified atom stereocenters. The van der Waals surface area contributed by atoms with E-state index in [0.29, 0.717) is 35.3 Å². The first kappa shape index (κ1) is 45.2. The topological polar surface area (TPSA) is 210 Å². The molecule has 0 bridgehead atoms. The Bertz CT molecular complexity index is 2840. The van der Waals surface area contributed by atoms with Gasteiger partial charge in [-0.05, 0) is 73.4 Å². The lowest BCUT2D eigenvalue weighted by molar-refractivity contribution is -0.127. The first-order chi connectivity index (χ1) is 33.0. The van der Waals surface area contributed by atoms with E-state index in [4.69, 9.17) is 28.8 Å². The molecule has 4 heterocycles. The van der Waals surface area contributed by atoms with Crippen molar-refractivity contribution in [3.05, 3.63) is 125 Å². The Labute approximate surface area is 391 Å². The van der Waals surface area contributed by atoms with Crippen molar-refractivity contribution in [1.29, 1.82) is 0 Å². The number of ether oxygens (including phenoxy) is 5. The molecule has 4 aliphatic heterocycles. The predicted molar refractivity (Wildman–Crippen MR) is 252 cm³/mol. The van der Waals surface area contributed by atoms with Gasteiger partial charge in [-0.25, -0.2) is 4.79 Å². The highest BCUT2D eigenvalue weighted by Gasteiger charge is 2.42. The minimum Gasteiger partial charge on any atom is -0.493 e. The normalized spacial score (nSPS) is 17.2. The average Bonchev–Trinajstić information content (AvgIpc) is 3.84. The van der Waals surface area contributed by atoms with Gasteiger partial charge in [0.1, 0.15) is 12.6 Å². The number of fused-ring (bicyclic) bond motifs is 8. The molecule has 0 radical (unpaired) electrons. The molecule has 18 heteroatoms. The lowest BCUT2D eigenvalue weighted by Crippen LogP contribution is -2.49. The van der Waals surface area contributed by atoms with Crippen LogP contribution in [-0.4, -0.2) is 99.5 Å². The summed E-state index contributed by atoms with van der Waals surface area (Å²) in [6.07, 6.45) is 2.21. The largest absolute Gasteiger partial charge is 0.493 e. The van der Waals surface area contributed by atoms with Crippen LogP contribution in [0.2, 0.25) is 0 Å². The number of carbonyl (C=O) groups is 5. The summed E-state index contributed by atoms with van der Waals surface area (Å²) in [5.74, 6) is -0.502. The SMILES string of the molecule is COc1cc2c(cc1OCOc1cc3c(cc1OC)C(=O)N1c4ccccc4C[C@H]1CN3C(=O)OCc1ccc(NC(=O)[C@H](C)NC(=O)[C@H](C)NCO)cc1)N=C[C@@H]1Cc3ccccc3N1C2=O. The molecule has 0 spiro atoms. The molecule has 9 rings (SSSR count). The summed E-state index contributed by atoms with van der Waals surface area (Å²) in [5.41, 5.74) is 5.90. The number of hydrogen-bond acceptors (Lipinski definition) is 13. The molecule has 5 amide bonds. The van der Waals surface area contributed by atoms with Gasteiger partial charge in [-0.15, -0.1) is 0 Å². The van der Waals surface area contributed by atoms with E-state index in [9.17, 15) is 24.0 Å². The molecule has 68 heavy (non-hydrogen) atoms. The Balaban J connectivity index is 0.927. The van der Waals surface area contributed by atoms with Gasteiger partial charge in [0.2, 0.25) is 18.6 Å². The van der Waals surface area contributed by atoms with Crippen LogP contribution in [0.3, 0.4) is 0 Å². The van der Waals surface area contributed by atoms with Crippen molar-refractivity contribution in [2.24, 2.45) is 4.99 Å². The van der Waals surface area contributed by atoms with Crippen molar-refractivity contribution >= 4 is 64.4 Å². The number of aliphatic imine (C=N–C) groups is 1. The van der Waals surface area contributed by atoms with Crippen molar-refractivity contribution in [2.45, 2.75) is 57.5 Å². The van der Waals surface area contributed by atoms with Crippen molar-refractivity contribution in [2.75, 3.05) is 54.3 Å². The van der Waals surface area contributed by atoms with Crippen LogP contribution in [-0.2, 0) is 33.8 Å². The molecular formula is C50H49N7O11. The van der Waals surface area contributed by atoms with E-state index in [1.54, 1.807) is 72.3 Å². The molecule has 5 aromatic carbocycles. The molecule has 18 nitrogen and oxygen atoms in total. The fourth-order valence-electron chi connectivity index (χ4n) is 8.85. The predicted octanol–water partition coefficient (Wildman–Crippen LogP) is 5.51. The monoisotopic (exact) mass is 923 g/mol. The number of nitrogens with zero attached hydrogens (tertiary/aromatic N) is 4. The number of hydrogen-bond donors (Lipinski definition) is 4. The van der Waals surface area contributed by atoms with Gasteiger partial charge in [-0.1, -0.05) is 48.5 Å². The zero-order valence-corrected chi connectivity index (χ0v) is 37.7. The minimum atomic E-state index is -0.861. The number of aliphatic hydroxyl groups is 1. The summed E-state index contributed by atoms with van der Waals surface area (Å²) >= 11 is 0. The minimum absolute atomic E-state index is 0.0957. The van der Waals surface area contributed by atoms with E-state index in [1.165, 1.54) is 25.2 Å². The standard InChI is InChI=1S/C50H49N7O11/c1-28(52-26-58)46(59)53-29(2)47(60)54-33-15-13-30(14-16-33)25-66-50(63)55-24-35-18-32-10-6-8-12-40(32)57(35)49(62)37-20-43(65-4)45(22-41(37)55)68-27-67-44-21-38-36(19-42(44)64-3)48(61)56-34(23-51-38)17-31-9-5-7-11-39(31)56/h5-16,19-23,28-29,34-35,52,58H,17-18,24-27H2,1-4H3,(H,53,59)(H,54,60)/t28-,29-,34-,35-/m0/s1. The highest BCUT2D eigenvalue weighted by atomic mass is 16.7. The summed E-state index contributed by atoms with van der Waals surface area (Å²) in [4.78, 5) is 77.4. The van der Waals surface area contributed by atoms with Crippen molar-refractivity contribution in [1.82, 2.24) is 10.6 Å². The Morgan fingerprint density at radius 2 is 1.37 bits per heavy atom. The van der Waals surface area contributed by atoms with Gasteiger partial charge < -0.3 is 44.3 Å². The van der Waals surface area contributed by atoms with Crippen LogP contribution in [0.4, 0.5) is 33.2 Å². The number of rotatable bonds is 14. The number of amides is 5. The van der Waals surface area contributed by atoms with Gasteiger partial charge in [0.25, 0.3) is 11.8 Å². The summed E-state index contributed by atoms with van der Waals surface area (Å²) in [6.45, 7) is 2.32. The highest BCUT2D eigenvalue weighted by molar-refractivity contribution is 6.15. The van der Waals surface area contributed by atoms with E-state index in [0.717, 1.165) is 22.5 Å². The van der Waals surface area contributed by atoms with Crippen LogP contribution >= 0.6 is 0 Å². The number of nitrogens with one attached hydrogen (secondary N) is 3. The third kappa shape index (κ3) is 8.73. The van der Waals surface area contributed by atoms with Gasteiger partial charge in [0, 0.05) is 41.8 Å². The van der Waals surface area contributed by atoms with Crippen molar-refractivity contribution in [3.8, 4) is 23.0 Å². The third-order valence-corrected chi connectivity index (χ3v) is 12.4. The number of anilines is 4. The molecule has 0 fully saturated rings. The molecule has 4 N–H and O–H groups in total. The molecule has 0 aromatic heterocycles. The maximum absolute atomic E-state index is 14.5. The smallest absolute Gasteiger partial charge is 0.414 e. The Morgan fingerprint density at radius 3 is 2.06 bits per heavy atom. The molecule has 5 aromatic rings. The quantitative estimate of drug-likeness (QED) is 0.102. The Kier molecular flexibility index (Phi) is 12.7. The van der Waals surface area contributed by atoms with Gasteiger partial charge in [-0.2, -0.15) is 0 Å². The lowest BCUT2D eigenvalue weighted by Gasteiger charge is -2.26. The van der Waals surface area contributed by atoms with Crippen molar-refractivity contribution in [3.63, 3.8) is 0 Å². The first-order valence-electron chi connectivity index (χ1n) is 22.0. The molecule has 0 aliphatic carbocycles. The van der Waals surface area contributed by atoms with E-state index in [1.807, 2.05) is 48.5 Å². The zero-order chi connectivity index (χ0) is 47.6. The molecule has 4 atom stereocenters. The molecule has 0 saturated heterocycles. The van der Waals surface area contributed by atoms with E-state index >= 15 is 0 Å². The molecule has 0 saturated carbocycles. The van der Waals surface area contributed by atoms with E-state index in [2.05, 4.69) is 20.9 Å². The van der Waals surface area contributed by atoms with Gasteiger partial charge in [0.05, 0.1) is 68.1 Å². The summed E-state index contributed by atoms with van der Waals surface area (Å²) < 4.78 is 29.6. The lowest BCUT2D eigenvalue weighted by atomic mass is 10.1. The van der Waals surface area contributed by atoms with Crippen LogP contribution in [0.15, 0.2) is 102 Å². The Hall–Kier alpha value is -7.96. The average molecular weight is 924 g/mol. The first-order valence-corrected chi connectivity index (χ1v) is 22.0. The second-order valence-electron chi connectivity index (χ2n) is 16.6. The summed E-state index contributed by atoms with van der Waals surface area (Å²) in [5, 5.41) is 16.9. The number of benzene rings is 5. The number of methoxy groups -OCH3 is 2. The third-order valence-electron chi connectivity index (χ3n) is 12.4.